The molecule has 3 nitrogen and oxygen atoms in total. The molecule has 0 aromatic heterocycles. The van der Waals surface area contributed by atoms with Gasteiger partial charge >= 0.3 is 8.60 Å². The van der Waals surface area contributed by atoms with Gasteiger partial charge in [0.2, 0.25) is 0 Å². The zero-order valence-electron chi connectivity index (χ0n) is 21.1. The quantitative estimate of drug-likeness (QED) is 0.484. The lowest BCUT2D eigenvalue weighted by molar-refractivity contribution is 0.0670. The molecule has 0 fully saturated rings. The van der Waals surface area contributed by atoms with Crippen LogP contribution in [0.1, 0.15) is 93.0 Å². The van der Waals surface area contributed by atoms with Gasteiger partial charge in [-0.25, -0.2) is 0 Å². The summed E-state index contributed by atoms with van der Waals surface area (Å²) in [7, 11) is -2.50. The van der Waals surface area contributed by atoms with Crippen LogP contribution in [0.3, 0.4) is 0 Å². The Hall–Kier alpha value is -1.25. The van der Waals surface area contributed by atoms with Gasteiger partial charge < -0.3 is 14.3 Å². The zero-order valence-corrected chi connectivity index (χ0v) is 22.0. The highest BCUT2D eigenvalue weighted by Crippen LogP contribution is 2.55. The molecule has 4 heteroatoms. The topological polar surface area (TPSA) is 49.7 Å². The van der Waals surface area contributed by atoms with Gasteiger partial charge in [0.25, 0.3) is 0 Å². The highest BCUT2D eigenvalue weighted by Gasteiger charge is 2.44. The van der Waals surface area contributed by atoms with Crippen LogP contribution in [0.4, 0.5) is 0 Å². The molecule has 0 amide bonds. The molecule has 1 aliphatic carbocycles. The van der Waals surface area contributed by atoms with Crippen LogP contribution in [-0.4, -0.2) is 9.79 Å². The first-order valence-corrected chi connectivity index (χ1v) is 12.3. The molecule has 0 saturated heterocycles. The first kappa shape index (κ1) is 24.4. The minimum atomic E-state index is -2.50. The summed E-state index contributed by atoms with van der Waals surface area (Å²) >= 11 is 0. The number of aryl methyl sites for hydroxylation is 2. The minimum Gasteiger partial charge on any atom is -0.328 e. The van der Waals surface area contributed by atoms with Gasteiger partial charge in [-0.15, -0.1) is 0 Å². The molecule has 0 bridgehead atoms. The van der Waals surface area contributed by atoms with Crippen molar-refractivity contribution in [1.82, 2.24) is 0 Å². The summed E-state index contributed by atoms with van der Waals surface area (Å²) < 4.78 is 6.01. The maximum atomic E-state index is 9.99. The third-order valence-electron chi connectivity index (χ3n) is 6.99. The van der Waals surface area contributed by atoms with Gasteiger partial charge in [-0.05, 0) is 101 Å². The first-order chi connectivity index (χ1) is 14.0. The Balaban J connectivity index is 2.60. The van der Waals surface area contributed by atoms with Gasteiger partial charge in [0.1, 0.15) is 5.60 Å². The van der Waals surface area contributed by atoms with Crippen molar-refractivity contribution < 1.29 is 14.3 Å². The number of benzene rings is 2. The predicted octanol–water partition coefficient (Wildman–Crippen LogP) is 7.18. The van der Waals surface area contributed by atoms with E-state index in [1.807, 2.05) is 6.92 Å². The summed E-state index contributed by atoms with van der Waals surface area (Å²) in [5, 5.41) is 0. The van der Waals surface area contributed by atoms with Crippen molar-refractivity contribution >= 4 is 8.60 Å². The molecule has 1 aliphatic rings. The number of hydrogen-bond donors (Lipinski definition) is 2. The summed E-state index contributed by atoms with van der Waals surface area (Å²) in [5.74, 6) is 0. The zero-order chi connectivity index (χ0) is 23.7. The van der Waals surface area contributed by atoms with Gasteiger partial charge in [-0.2, -0.15) is 0 Å². The van der Waals surface area contributed by atoms with Crippen molar-refractivity contribution in [3.05, 3.63) is 56.6 Å². The van der Waals surface area contributed by atoms with Crippen LogP contribution < -0.4 is 0 Å². The Morgan fingerprint density at radius 2 is 1.26 bits per heavy atom. The molecule has 1 atom stereocenters. The van der Waals surface area contributed by atoms with E-state index in [0.29, 0.717) is 6.42 Å². The molecule has 0 saturated carbocycles. The number of fused-ring (bicyclic) bond motifs is 3. The van der Waals surface area contributed by atoms with E-state index in [1.165, 1.54) is 50.1 Å². The monoisotopic (exact) mass is 442 g/mol. The van der Waals surface area contributed by atoms with Crippen LogP contribution >= 0.6 is 8.60 Å². The summed E-state index contributed by atoms with van der Waals surface area (Å²) in [6, 6.07) is 4.59. The molecule has 0 radical (unpaired) electrons. The van der Waals surface area contributed by atoms with Crippen molar-refractivity contribution in [2.75, 3.05) is 0 Å². The first-order valence-electron chi connectivity index (χ1n) is 11.1. The van der Waals surface area contributed by atoms with Crippen LogP contribution in [0.2, 0.25) is 0 Å². The van der Waals surface area contributed by atoms with Gasteiger partial charge in [-0.3, -0.25) is 0 Å². The average Bonchev–Trinajstić information content (AvgIpc) is 2.57. The maximum Gasteiger partial charge on any atom is 0.327 e. The second-order valence-corrected chi connectivity index (χ2v) is 12.3. The largest absolute Gasteiger partial charge is 0.328 e. The third kappa shape index (κ3) is 4.11. The average molecular weight is 443 g/mol. The summed E-state index contributed by atoms with van der Waals surface area (Å²) in [6.07, 6.45) is 0.620. The van der Waals surface area contributed by atoms with Gasteiger partial charge in [-0.1, -0.05) is 53.7 Å². The lowest BCUT2D eigenvalue weighted by Gasteiger charge is -2.44. The Morgan fingerprint density at radius 3 is 1.71 bits per heavy atom. The van der Waals surface area contributed by atoms with Crippen LogP contribution in [0.5, 0.6) is 0 Å². The van der Waals surface area contributed by atoms with Crippen molar-refractivity contribution in [1.29, 1.82) is 0 Å². The predicted molar refractivity (Wildman–Crippen MR) is 132 cm³/mol. The number of rotatable bonds is 2. The summed E-state index contributed by atoms with van der Waals surface area (Å²) in [6.45, 7) is 24.2. The van der Waals surface area contributed by atoms with E-state index in [9.17, 15) is 9.79 Å². The smallest absolute Gasteiger partial charge is 0.327 e. The van der Waals surface area contributed by atoms with E-state index in [0.717, 1.165) is 5.56 Å². The van der Waals surface area contributed by atoms with E-state index < -0.39 is 14.2 Å². The van der Waals surface area contributed by atoms with Gasteiger partial charge in [0.05, 0.1) is 0 Å². The van der Waals surface area contributed by atoms with Gasteiger partial charge in [0.15, 0.2) is 0 Å². The minimum absolute atomic E-state index is 0.0330. The number of hydrogen-bond acceptors (Lipinski definition) is 3. The highest BCUT2D eigenvalue weighted by molar-refractivity contribution is 7.39. The van der Waals surface area contributed by atoms with Crippen LogP contribution in [-0.2, 0) is 27.4 Å². The molecule has 2 aromatic rings. The van der Waals surface area contributed by atoms with E-state index in [-0.39, 0.29) is 10.8 Å². The molecule has 170 valence electrons. The van der Waals surface area contributed by atoms with Crippen LogP contribution in [0.25, 0.3) is 11.1 Å². The molecule has 3 rings (SSSR count). The van der Waals surface area contributed by atoms with Crippen molar-refractivity contribution in [2.45, 2.75) is 99.0 Å². The second-order valence-electron chi connectivity index (χ2n) is 11.6. The molecule has 2 aromatic carbocycles. The van der Waals surface area contributed by atoms with E-state index in [2.05, 4.69) is 81.4 Å². The summed E-state index contributed by atoms with van der Waals surface area (Å²) in [5.41, 5.74) is 11.6. The highest BCUT2D eigenvalue weighted by atomic mass is 31.2. The van der Waals surface area contributed by atoms with E-state index in [1.54, 1.807) is 0 Å². The van der Waals surface area contributed by atoms with Gasteiger partial charge in [0, 0.05) is 6.42 Å². The van der Waals surface area contributed by atoms with E-state index >= 15 is 0 Å². The lowest BCUT2D eigenvalue weighted by atomic mass is 9.64. The molecule has 0 aliphatic heterocycles. The molecule has 2 N–H and O–H groups in total. The Bertz CT molecular complexity index is 1040. The maximum absolute atomic E-state index is 9.99. The van der Waals surface area contributed by atoms with Crippen molar-refractivity contribution in [3.8, 4) is 11.1 Å². The Morgan fingerprint density at radius 1 is 0.806 bits per heavy atom. The van der Waals surface area contributed by atoms with Crippen LogP contribution in [0.15, 0.2) is 12.1 Å². The fourth-order valence-electron chi connectivity index (χ4n) is 5.21. The van der Waals surface area contributed by atoms with Crippen LogP contribution in [0, 0.1) is 27.7 Å². The standard InChI is InChI=1S/C27H39O3P/c1-15-12-20(25(5,6)7)19-14-27(11,30-31(28)29)24-21(26(8,9)10)13-16(2)18(4)23(24)22(19)17(15)3/h12-13,28-29H,14H2,1-11H3/t27-/m1/s1. The fourth-order valence-corrected chi connectivity index (χ4v) is 5.73. The lowest BCUT2D eigenvalue weighted by Crippen LogP contribution is -2.37. The molecule has 0 unspecified atom stereocenters. The van der Waals surface area contributed by atoms with Crippen molar-refractivity contribution in [3.63, 3.8) is 0 Å². The molecular formula is C27H39O3P. The Kier molecular flexibility index (Phi) is 6.03. The molecule has 0 heterocycles. The molecule has 31 heavy (non-hydrogen) atoms. The third-order valence-corrected chi connectivity index (χ3v) is 7.56. The normalized spacial score (nSPS) is 18.9. The molecular weight excluding hydrogens is 403 g/mol. The van der Waals surface area contributed by atoms with E-state index in [4.69, 9.17) is 4.52 Å². The second kappa shape index (κ2) is 7.66. The van der Waals surface area contributed by atoms with Crippen molar-refractivity contribution in [2.24, 2.45) is 0 Å². The Labute approximate surface area is 189 Å². The fraction of sp³-hybridized carbons (Fsp3) is 0.556. The SMILES string of the molecule is Cc1cc(C(C)(C)C)c2c(c1C)-c1c(C)c(C)cc(C(C)(C)C)c1[C@](C)(OP(O)O)C2. The molecule has 0 spiro atoms. The summed E-state index contributed by atoms with van der Waals surface area (Å²) in [4.78, 5) is 20.0.